The van der Waals surface area contributed by atoms with Crippen molar-refractivity contribution in [3.05, 3.63) is 63.1 Å². The molecule has 0 N–H and O–H groups in total. The molecule has 6 rings (SSSR count). The summed E-state index contributed by atoms with van der Waals surface area (Å²) in [7, 11) is 0. The third-order valence-electron chi connectivity index (χ3n) is 7.01. The van der Waals surface area contributed by atoms with Crippen LogP contribution in [0.2, 0.25) is 5.02 Å². The van der Waals surface area contributed by atoms with Gasteiger partial charge in [0.2, 0.25) is 0 Å². The van der Waals surface area contributed by atoms with Gasteiger partial charge in [0, 0.05) is 29.9 Å². The molecule has 0 bridgehead atoms. The van der Waals surface area contributed by atoms with Crippen LogP contribution in [0.15, 0.2) is 30.3 Å². The number of aryl methyl sites for hydroxylation is 2. The quantitative estimate of drug-likeness (QED) is 0.380. The van der Waals surface area contributed by atoms with Gasteiger partial charge in [0.15, 0.2) is 5.82 Å². The fourth-order valence-electron chi connectivity index (χ4n) is 5.26. The van der Waals surface area contributed by atoms with Gasteiger partial charge in [0.05, 0.1) is 23.2 Å². The second-order valence-electron chi connectivity index (χ2n) is 9.29. The molecule has 1 fully saturated rings. The average molecular weight is 495 g/mol. The number of halogens is 1. The van der Waals surface area contributed by atoms with Gasteiger partial charge in [0.25, 0.3) is 5.91 Å². The molecule has 1 aromatic carbocycles. The molecule has 2 aliphatic rings. The number of likely N-dealkylation sites (tertiary alicyclic amines) is 1. The second kappa shape index (κ2) is 8.82. The summed E-state index contributed by atoms with van der Waals surface area (Å²) in [6, 6.07) is 9.84. The number of amides is 1. The highest BCUT2D eigenvalue weighted by Crippen LogP contribution is 2.36. The molecule has 1 unspecified atom stereocenters. The topological polar surface area (TPSA) is 68.8 Å². The minimum Gasteiger partial charge on any atom is -0.328 e. The molecule has 34 heavy (non-hydrogen) atoms. The van der Waals surface area contributed by atoms with Gasteiger partial charge in [-0.2, -0.15) is 5.10 Å². The molecule has 1 atom stereocenters. The van der Waals surface area contributed by atoms with E-state index in [0.29, 0.717) is 6.54 Å². The SMILES string of the molecule is Cc1nn(Cc2ccc(Cl)cc2)c2sc(C(=O)N3CCCC3c3nnc4n3CCCCC4)cc12. The maximum atomic E-state index is 13.7. The summed E-state index contributed by atoms with van der Waals surface area (Å²) in [5, 5.41) is 15.5. The fourth-order valence-corrected chi connectivity index (χ4v) is 6.50. The van der Waals surface area contributed by atoms with Crippen molar-refractivity contribution in [1.29, 1.82) is 0 Å². The van der Waals surface area contributed by atoms with Crippen molar-refractivity contribution in [2.75, 3.05) is 6.54 Å². The third kappa shape index (κ3) is 3.82. The molecule has 1 amide bonds. The van der Waals surface area contributed by atoms with E-state index in [1.54, 1.807) is 0 Å². The summed E-state index contributed by atoms with van der Waals surface area (Å²) < 4.78 is 4.28. The number of carbonyl (C=O) groups is 1. The largest absolute Gasteiger partial charge is 0.328 e. The van der Waals surface area contributed by atoms with Crippen molar-refractivity contribution in [1.82, 2.24) is 29.4 Å². The number of carbonyl (C=O) groups excluding carboxylic acids is 1. The Hall–Kier alpha value is -2.71. The van der Waals surface area contributed by atoms with Gasteiger partial charge in [-0.25, -0.2) is 0 Å². The molecule has 9 heteroatoms. The van der Waals surface area contributed by atoms with E-state index in [1.807, 2.05) is 46.8 Å². The molecule has 7 nitrogen and oxygen atoms in total. The summed E-state index contributed by atoms with van der Waals surface area (Å²) in [5.74, 6) is 2.13. The van der Waals surface area contributed by atoms with Crippen LogP contribution in [0.4, 0.5) is 0 Å². The van der Waals surface area contributed by atoms with E-state index in [-0.39, 0.29) is 11.9 Å². The highest BCUT2D eigenvalue weighted by Gasteiger charge is 2.35. The summed E-state index contributed by atoms with van der Waals surface area (Å²) >= 11 is 7.57. The van der Waals surface area contributed by atoms with E-state index in [0.717, 1.165) is 81.8 Å². The van der Waals surface area contributed by atoms with Gasteiger partial charge in [-0.1, -0.05) is 30.2 Å². The number of aromatic nitrogens is 5. The molecule has 176 valence electrons. The van der Waals surface area contributed by atoms with E-state index >= 15 is 0 Å². The predicted octanol–water partition coefficient (Wildman–Crippen LogP) is 5.40. The summed E-state index contributed by atoms with van der Waals surface area (Å²) in [6.07, 6.45) is 6.46. The first-order chi connectivity index (χ1) is 16.6. The average Bonchev–Trinajstić information content (AvgIpc) is 3.59. The summed E-state index contributed by atoms with van der Waals surface area (Å²) in [5.41, 5.74) is 2.07. The van der Waals surface area contributed by atoms with E-state index in [4.69, 9.17) is 16.7 Å². The highest BCUT2D eigenvalue weighted by atomic mass is 35.5. The van der Waals surface area contributed by atoms with E-state index < -0.39 is 0 Å². The van der Waals surface area contributed by atoms with E-state index in [9.17, 15) is 4.79 Å². The number of thiophene rings is 1. The van der Waals surface area contributed by atoms with Crippen LogP contribution in [0.25, 0.3) is 10.2 Å². The Morgan fingerprint density at radius 2 is 1.97 bits per heavy atom. The van der Waals surface area contributed by atoms with Crippen molar-refractivity contribution in [3.63, 3.8) is 0 Å². The molecule has 3 aromatic heterocycles. The lowest BCUT2D eigenvalue weighted by molar-refractivity contribution is 0.0732. The van der Waals surface area contributed by atoms with Gasteiger partial charge in [-0.15, -0.1) is 21.5 Å². The van der Waals surface area contributed by atoms with Crippen LogP contribution in [0, 0.1) is 6.92 Å². The number of benzene rings is 1. The zero-order chi connectivity index (χ0) is 23.2. The Kier molecular flexibility index (Phi) is 5.65. The first-order valence-electron chi connectivity index (χ1n) is 12.0. The first kappa shape index (κ1) is 21.8. The zero-order valence-electron chi connectivity index (χ0n) is 19.2. The van der Waals surface area contributed by atoms with Crippen molar-refractivity contribution < 1.29 is 4.79 Å². The molecule has 0 spiro atoms. The van der Waals surface area contributed by atoms with Gasteiger partial charge < -0.3 is 9.47 Å². The highest BCUT2D eigenvalue weighted by molar-refractivity contribution is 7.20. The lowest BCUT2D eigenvalue weighted by Crippen LogP contribution is -2.31. The molecule has 0 aliphatic carbocycles. The van der Waals surface area contributed by atoms with Gasteiger partial charge in [0.1, 0.15) is 10.7 Å². The van der Waals surface area contributed by atoms with Gasteiger partial charge in [-0.05, 0) is 56.4 Å². The number of hydrogen-bond acceptors (Lipinski definition) is 5. The van der Waals surface area contributed by atoms with Crippen LogP contribution in [-0.2, 0) is 19.5 Å². The van der Waals surface area contributed by atoms with Crippen LogP contribution in [0.5, 0.6) is 0 Å². The Bertz CT molecular complexity index is 1350. The van der Waals surface area contributed by atoms with E-state index in [2.05, 4.69) is 14.8 Å². The minimum absolute atomic E-state index is 0.00345. The normalized spacial score (nSPS) is 18.4. The van der Waals surface area contributed by atoms with Crippen LogP contribution >= 0.6 is 22.9 Å². The second-order valence-corrected chi connectivity index (χ2v) is 10.8. The minimum atomic E-state index is 0.00345. The van der Waals surface area contributed by atoms with Crippen molar-refractivity contribution in [3.8, 4) is 0 Å². The maximum absolute atomic E-state index is 13.7. The monoisotopic (exact) mass is 494 g/mol. The molecule has 1 saturated heterocycles. The molecule has 4 aromatic rings. The Morgan fingerprint density at radius 1 is 1.12 bits per heavy atom. The smallest absolute Gasteiger partial charge is 0.264 e. The third-order valence-corrected chi connectivity index (χ3v) is 8.40. The van der Waals surface area contributed by atoms with Gasteiger partial charge >= 0.3 is 0 Å². The molecule has 0 saturated carbocycles. The fraction of sp³-hybridized carbons (Fsp3) is 0.440. The van der Waals surface area contributed by atoms with E-state index in [1.165, 1.54) is 24.2 Å². The number of nitrogens with zero attached hydrogens (tertiary/aromatic N) is 6. The number of rotatable bonds is 4. The lowest BCUT2D eigenvalue weighted by atomic mass is 10.2. The first-order valence-corrected chi connectivity index (χ1v) is 13.2. The molecule has 5 heterocycles. The van der Waals surface area contributed by atoms with Crippen LogP contribution < -0.4 is 0 Å². The zero-order valence-corrected chi connectivity index (χ0v) is 20.8. The van der Waals surface area contributed by atoms with Crippen molar-refractivity contribution >= 4 is 39.1 Å². The summed E-state index contributed by atoms with van der Waals surface area (Å²) in [4.78, 5) is 17.5. The molecule has 2 aliphatic heterocycles. The molecular weight excluding hydrogens is 468 g/mol. The van der Waals surface area contributed by atoms with Gasteiger partial charge in [-0.3, -0.25) is 9.48 Å². The lowest BCUT2D eigenvalue weighted by Gasteiger charge is -2.24. The van der Waals surface area contributed by atoms with Crippen LogP contribution in [-0.4, -0.2) is 41.9 Å². The maximum Gasteiger partial charge on any atom is 0.264 e. The Morgan fingerprint density at radius 3 is 2.82 bits per heavy atom. The van der Waals surface area contributed by atoms with Crippen LogP contribution in [0.3, 0.4) is 0 Å². The molecular formula is C25H27ClN6OS. The Labute approximate surface area is 207 Å². The summed E-state index contributed by atoms with van der Waals surface area (Å²) in [6.45, 7) is 4.37. The number of hydrogen-bond donors (Lipinski definition) is 0. The Balaban J connectivity index is 1.29. The number of fused-ring (bicyclic) bond motifs is 2. The van der Waals surface area contributed by atoms with Crippen LogP contribution in [0.1, 0.15) is 70.7 Å². The van der Waals surface area contributed by atoms with Crippen molar-refractivity contribution in [2.24, 2.45) is 0 Å². The standard InChI is InChI=1S/C25H27ClN6OS/c1-16-19-14-21(34-25(19)32(29-16)15-17-8-10-18(26)11-9-17)24(33)30-13-5-6-20(30)23-28-27-22-7-3-2-4-12-31(22)23/h8-11,14,20H,2-7,12-13,15H2,1H3. The predicted molar refractivity (Wildman–Crippen MR) is 133 cm³/mol. The van der Waals surface area contributed by atoms with Crippen molar-refractivity contribution in [2.45, 2.75) is 64.6 Å². The molecule has 0 radical (unpaired) electrons.